The van der Waals surface area contributed by atoms with Crippen LogP contribution in [0.3, 0.4) is 0 Å². The summed E-state index contributed by atoms with van der Waals surface area (Å²) in [6.07, 6.45) is 5.27. The molecule has 1 heterocycles. The van der Waals surface area contributed by atoms with E-state index in [4.69, 9.17) is 26.8 Å². The molecular formula is C16H22ClNO2. The number of rotatable bonds is 3. The van der Waals surface area contributed by atoms with Crippen molar-refractivity contribution < 1.29 is 9.47 Å². The Labute approximate surface area is 125 Å². The van der Waals surface area contributed by atoms with Gasteiger partial charge in [-0.3, -0.25) is 0 Å². The number of fused-ring (bicyclic) bond motifs is 1. The molecule has 2 N–H and O–H groups in total. The molecule has 110 valence electrons. The number of hydrogen-bond acceptors (Lipinski definition) is 3. The zero-order valence-electron chi connectivity index (χ0n) is 12.0. The van der Waals surface area contributed by atoms with Gasteiger partial charge in [0.05, 0.1) is 13.2 Å². The van der Waals surface area contributed by atoms with E-state index < -0.39 is 0 Å². The van der Waals surface area contributed by atoms with Crippen LogP contribution in [0.15, 0.2) is 6.07 Å². The summed E-state index contributed by atoms with van der Waals surface area (Å²) in [6.45, 7) is 4.19. The fraction of sp³-hybridized carbons (Fsp3) is 0.625. The fourth-order valence-electron chi connectivity index (χ4n) is 3.41. The predicted molar refractivity (Wildman–Crippen MR) is 81.0 cm³/mol. The van der Waals surface area contributed by atoms with Gasteiger partial charge in [0.1, 0.15) is 0 Å². The summed E-state index contributed by atoms with van der Waals surface area (Å²) in [4.78, 5) is 0. The molecule has 0 radical (unpaired) electrons. The maximum Gasteiger partial charge on any atom is 0.164 e. The van der Waals surface area contributed by atoms with Gasteiger partial charge in [0.15, 0.2) is 11.5 Å². The van der Waals surface area contributed by atoms with Gasteiger partial charge in [0.25, 0.3) is 0 Å². The van der Waals surface area contributed by atoms with Crippen LogP contribution < -0.4 is 15.2 Å². The molecule has 2 aliphatic rings. The largest absolute Gasteiger partial charge is 0.489 e. The molecule has 1 saturated carbocycles. The predicted octanol–water partition coefficient (Wildman–Crippen LogP) is 3.44. The van der Waals surface area contributed by atoms with Crippen LogP contribution in [0.2, 0.25) is 5.02 Å². The van der Waals surface area contributed by atoms with Crippen LogP contribution in [0.4, 0.5) is 0 Å². The standard InChI is InChI=1S/C16H22ClNO2/c1-2-11-14(16(10-18)5-3-6-16)12(17)9-13-15(11)20-8-4-7-19-13/h9H,2-8,10,18H2,1H3. The first-order valence-corrected chi connectivity index (χ1v) is 7.91. The molecular weight excluding hydrogens is 274 g/mol. The third-order valence-electron chi connectivity index (χ3n) is 4.67. The minimum absolute atomic E-state index is 0.0487. The summed E-state index contributed by atoms with van der Waals surface area (Å²) < 4.78 is 11.7. The summed E-state index contributed by atoms with van der Waals surface area (Å²) in [6, 6.07) is 1.92. The number of nitrogens with two attached hydrogens (primary N) is 1. The first-order valence-electron chi connectivity index (χ1n) is 7.53. The minimum atomic E-state index is 0.0487. The molecule has 20 heavy (non-hydrogen) atoms. The van der Waals surface area contributed by atoms with E-state index in [0.717, 1.165) is 42.2 Å². The van der Waals surface area contributed by atoms with Crippen LogP contribution in [-0.4, -0.2) is 19.8 Å². The van der Waals surface area contributed by atoms with Gasteiger partial charge in [0.2, 0.25) is 0 Å². The maximum absolute atomic E-state index is 6.58. The van der Waals surface area contributed by atoms with Crippen LogP contribution in [0.5, 0.6) is 11.5 Å². The van der Waals surface area contributed by atoms with Gasteiger partial charge < -0.3 is 15.2 Å². The number of hydrogen-bond donors (Lipinski definition) is 1. The Kier molecular flexibility index (Phi) is 3.83. The molecule has 0 unspecified atom stereocenters. The zero-order valence-corrected chi connectivity index (χ0v) is 12.8. The van der Waals surface area contributed by atoms with Gasteiger partial charge in [-0.2, -0.15) is 0 Å². The van der Waals surface area contributed by atoms with Crippen LogP contribution in [0.1, 0.15) is 43.7 Å². The molecule has 1 aromatic carbocycles. The fourth-order valence-corrected chi connectivity index (χ4v) is 3.82. The van der Waals surface area contributed by atoms with Gasteiger partial charge >= 0.3 is 0 Å². The Morgan fingerprint density at radius 3 is 2.60 bits per heavy atom. The zero-order chi connectivity index (χ0) is 14.2. The molecule has 0 amide bonds. The third-order valence-corrected chi connectivity index (χ3v) is 4.97. The van der Waals surface area contributed by atoms with Crippen molar-refractivity contribution in [2.75, 3.05) is 19.8 Å². The van der Waals surface area contributed by atoms with E-state index in [9.17, 15) is 0 Å². The molecule has 1 aromatic rings. The lowest BCUT2D eigenvalue weighted by Gasteiger charge is -2.43. The molecule has 3 rings (SSSR count). The highest BCUT2D eigenvalue weighted by molar-refractivity contribution is 6.32. The van der Waals surface area contributed by atoms with Crippen molar-refractivity contribution >= 4 is 11.6 Å². The topological polar surface area (TPSA) is 44.5 Å². The van der Waals surface area contributed by atoms with Crippen molar-refractivity contribution in [3.05, 3.63) is 22.2 Å². The second-order valence-corrected chi connectivity index (χ2v) is 6.19. The van der Waals surface area contributed by atoms with Crippen molar-refractivity contribution in [2.45, 2.75) is 44.4 Å². The van der Waals surface area contributed by atoms with Crippen LogP contribution in [0.25, 0.3) is 0 Å². The Hall–Kier alpha value is -0.930. The van der Waals surface area contributed by atoms with Crippen molar-refractivity contribution in [1.82, 2.24) is 0 Å². The molecule has 3 nitrogen and oxygen atoms in total. The van der Waals surface area contributed by atoms with Crippen molar-refractivity contribution in [3.63, 3.8) is 0 Å². The molecule has 0 bridgehead atoms. The van der Waals surface area contributed by atoms with E-state index in [1.807, 2.05) is 6.07 Å². The van der Waals surface area contributed by atoms with E-state index >= 15 is 0 Å². The summed E-state index contributed by atoms with van der Waals surface area (Å²) in [5, 5.41) is 0.788. The summed E-state index contributed by atoms with van der Waals surface area (Å²) in [7, 11) is 0. The van der Waals surface area contributed by atoms with E-state index in [1.165, 1.54) is 17.5 Å². The molecule has 1 fully saturated rings. The SMILES string of the molecule is CCc1c2c(cc(Cl)c1C1(CN)CCC1)OCCCO2. The van der Waals surface area contributed by atoms with E-state index in [-0.39, 0.29) is 5.41 Å². The van der Waals surface area contributed by atoms with E-state index in [1.54, 1.807) is 0 Å². The van der Waals surface area contributed by atoms with Gasteiger partial charge in [-0.15, -0.1) is 0 Å². The van der Waals surface area contributed by atoms with Gasteiger partial charge in [-0.1, -0.05) is 24.9 Å². The minimum Gasteiger partial charge on any atom is -0.489 e. The average Bonchev–Trinajstić information content (AvgIpc) is 2.63. The summed E-state index contributed by atoms with van der Waals surface area (Å²) in [5.41, 5.74) is 8.52. The molecule has 0 atom stereocenters. The molecule has 0 spiro atoms. The first-order chi connectivity index (χ1) is 9.72. The molecule has 4 heteroatoms. The maximum atomic E-state index is 6.58. The Balaban J connectivity index is 2.16. The normalized spacial score (nSPS) is 20.1. The second kappa shape index (κ2) is 5.45. The average molecular weight is 296 g/mol. The Morgan fingerprint density at radius 1 is 1.25 bits per heavy atom. The highest BCUT2D eigenvalue weighted by Crippen LogP contribution is 2.51. The van der Waals surface area contributed by atoms with Crippen molar-refractivity contribution in [1.29, 1.82) is 0 Å². The highest BCUT2D eigenvalue weighted by Gasteiger charge is 2.41. The number of benzene rings is 1. The van der Waals surface area contributed by atoms with Crippen LogP contribution in [-0.2, 0) is 11.8 Å². The van der Waals surface area contributed by atoms with Gasteiger partial charge in [-0.05, 0) is 24.8 Å². The highest BCUT2D eigenvalue weighted by atomic mass is 35.5. The van der Waals surface area contributed by atoms with Gasteiger partial charge in [-0.25, -0.2) is 0 Å². The lowest BCUT2D eigenvalue weighted by atomic mass is 9.63. The second-order valence-electron chi connectivity index (χ2n) is 5.78. The van der Waals surface area contributed by atoms with Gasteiger partial charge in [0, 0.05) is 35.0 Å². The quantitative estimate of drug-likeness (QED) is 0.929. The molecule has 0 saturated heterocycles. The lowest BCUT2D eigenvalue weighted by Crippen LogP contribution is -2.42. The Morgan fingerprint density at radius 2 is 2.00 bits per heavy atom. The van der Waals surface area contributed by atoms with Crippen molar-refractivity contribution in [3.8, 4) is 11.5 Å². The molecule has 1 aliphatic carbocycles. The van der Waals surface area contributed by atoms with Crippen LogP contribution in [0, 0.1) is 0 Å². The monoisotopic (exact) mass is 295 g/mol. The first kappa shape index (κ1) is 14.0. The smallest absolute Gasteiger partial charge is 0.164 e. The molecule has 0 aromatic heterocycles. The number of halogens is 1. The van der Waals surface area contributed by atoms with E-state index in [0.29, 0.717) is 19.8 Å². The van der Waals surface area contributed by atoms with Crippen molar-refractivity contribution in [2.24, 2.45) is 5.73 Å². The number of ether oxygens (including phenoxy) is 2. The lowest BCUT2D eigenvalue weighted by molar-refractivity contribution is 0.249. The summed E-state index contributed by atoms with van der Waals surface area (Å²) >= 11 is 6.58. The molecule has 1 aliphatic heterocycles. The van der Waals surface area contributed by atoms with E-state index in [2.05, 4.69) is 6.92 Å². The third kappa shape index (κ3) is 2.08. The summed E-state index contributed by atoms with van der Waals surface area (Å²) in [5.74, 6) is 1.68. The van der Waals surface area contributed by atoms with Crippen LogP contribution >= 0.6 is 11.6 Å². The Bertz CT molecular complexity index is 506.